The summed E-state index contributed by atoms with van der Waals surface area (Å²) in [6.07, 6.45) is 0. The van der Waals surface area contributed by atoms with Gasteiger partial charge in [0.1, 0.15) is 0 Å². The van der Waals surface area contributed by atoms with Crippen molar-refractivity contribution in [1.82, 2.24) is 5.32 Å². The summed E-state index contributed by atoms with van der Waals surface area (Å²) in [7, 11) is 1.65. The fourth-order valence-electron chi connectivity index (χ4n) is 2.25. The first-order valence-electron chi connectivity index (χ1n) is 6.86. The second kappa shape index (κ2) is 7.29. The lowest BCUT2D eigenvalue weighted by Crippen LogP contribution is -2.20. The third-order valence-electron chi connectivity index (χ3n) is 3.46. The van der Waals surface area contributed by atoms with Gasteiger partial charge in [-0.15, -0.1) is 0 Å². The third-order valence-corrected chi connectivity index (χ3v) is 3.46. The molecular formula is C17H19F2NO. The van der Waals surface area contributed by atoms with Gasteiger partial charge in [0, 0.05) is 25.3 Å². The second-order valence-electron chi connectivity index (χ2n) is 4.95. The van der Waals surface area contributed by atoms with Crippen molar-refractivity contribution in [3.05, 3.63) is 70.8 Å². The average Bonchev–Trinajstić information content (AvgIpc) is 2.49. The van der Waals surface area contributed by atoms with Crippen LogP contribution in [0.25, 0.3) is 0 Å². The van der Waals surface area contributed by atoms with Gasteiger partial charge in [0.25, 0.3) is 0 Å². The highest BCUT2D eigenvalue weighted by Gasteiger charge is 2.14. The Morgan fingerprint density at radius 2 is 1.76 bits per heavy atom. The van der Waals surface area contributed by atoms with Gasteiger partial charge in [-0.25, -0.2) is 8.78 Å². The number of halogens is 2. The fourth-order valence-corrected chi connectivity index (χ4v) is 2.25. The maximum absolute atomic E-state index is 13.7. The van der Waals surface area contributed by atoms with Gasteiger partial charge in [0.2, 0.25) is 0 Å². The van der Waals surface area contributed by atoms with Crippen LogP contribution in [0.4, 0.5) is 8.78 Å². The molecule has 21 heavy (non-hydrogen) atoms. The Morgan fingerprint density at radius 3 is 2.48 bits per heavy atom. The van der Waals surface area contributed by atoms with Crippen LogP contribution in [-0.4, -0.2) is 7.11 Å². The Labute approximate surface area is 123 Å². The zero-order valence-electron chi connectivity index (χ0n) is 12.2. The van der Waals surface area contributed by atoms with Gasteiger partial charge in [-0.05, 0) is 24.1 Å². The molecule has 1 atom stereocenters. The minimum absolute atomic E-state index is 0.281. The number of benzene rings is 2. The summed E-state index contributed by atoms with van der Waals surface area (Å²) >= 11 is 0. The van der Waals surface area contributed by atoms with E-state index in [9.17, 15) is 8.78 Å². The van der Waals surface area contributed by atoms with Crippen LogP contribution in [0, 0.1) is 11.6 Å². The van der Waals surface area contributed by atoms with Crippen molar-refractivity contribution in [3.63, 3.8) is 0 Å². The molecule has 0 fully saturated rings. The van der Waals surface area contributed by atoms with Gasteiger partial charge < -0.3 is 10.1 Å². The Kier molecular flexibility index (Phi) is 5.42. The van der Waals surface area contributed by atoms with Crippen molar-refractivity contribution < 1.29 is 13.5 Å². The van der Waals surface area contributed by atoms with Crippen LogP contribution in [0.3, 0.4) is 0 Å². The molecule has 0 aromatic heterocycles. The number of methoxy groups -OCH3 is 1. The highest BCUT2D eigenvalue weighted by atomic mass is 19.2. The van der Waals surface area contributed by atoms with Crippen LogP contribution in [-0.2, 0) is 17.9 Å². The molecule has 0 bridgehead atoms. The molecule has 0 saturated carbocycles. The summed E-state index contributed by atoms with van der Waals surface area (Å²) in [4.78, 5) is 0. The quantitative estimate of drug-likeness (QED) is 0.869. The molecule has 2 rings (SSSR count). The first kappa shape index (κ1) is 15.6. The molecule has 0 aliphatic heterocycles. The van der Waals surface area contributed by atoms with Gasteiger partial charge in [-0.1, -0.05) is 36.4 Å². The van der Waals surface area contributed by atoms with E-state index >= 15 is 0 Å². The largest absolute Gasteiger partial charge is 0.380 e. The summed E-state index contributed by atoms with van der Waals surface area (Å²) < 4.78 is 32.1. The zero-order valence-corrected chi connectivity index (χ0v) is 12.2. The first-order chi connectivity index (χ1) is 10.1. The number of rotatable bonds is 6. The lowest BCUT2D eigenvalue weighted by atomic mass is 10.1. The lowest BCUT2D eigenvalue weighted by Gasteiger charge is -2.17. The lowest BCUT2D eigenvalue weighted by molar-refractivity contribution is 0.184. The maximum atomic E-state index is 13.7. The summed E-state index contributed by atoms with van der Waals surface area (Å²) in [5.74, 6) is -1.61. The van der Waals surface area contributed by atoms with Crippen molar-refractivity contribution >= 4 is 0 Å². The topological polar surface area (TPSA) is 21.3 Å². The average molecular weight is 291 g/mol. The monoisotopic (exact) mass is 291 g/mol. The number of hydrogen-bond donors (Lipinski definition) is 1. The van der Waals surface area contributed by atoms with Gasteiger partial charge in [0.05, 0.1) is 6.61 Å². The Bertz CT molecular complexity index is 601. The van der Waals surface area contributed by atoms with Crippen molar-refractivity contribution in [2.75, 3.05) is 7.11 Å². The van der Waals surface area contributed by atoms with Crippen LogP contribution in [0.1, 0.15) is 29.7 Å². The highest BCUT2D eigenvalue weighted by Crippen LogP contribution is 2.20. The third kappa shape index (κ3) is 3.86. The predicted octanol–water partition coefficient (Wildman–Crippen LogP) is 3.96. The molecule has 0 aliphatic carbocycles. The standard InChI is InChI=1S/C17H19F2NO/c1-12(15-8-5-9-16(18)17(15)19)20-10-13-6-3-4-7-14(13)11-21-2/h3-9,12,20H,10-11H2,1-2H3. The molecule has 0 radical (unpaired) electrons. The molecule has 0 amide bonds. The van der Waals surface area contributed by atoms with Gasteiger partial charge in [-0.3, -0.25) is 0 Å². The minimum Gasteiger partial charge on any atom is -0.380 e. The molecule has 0 spiro atoms. The van der Waals surface area contributed by atoms with Crippen LogP contribution in [0.5, 0.6) is 0 Å². The van der Waals surface area contributed by atoms with Gasteiger partial charge in [-0.2, -0.15) is 0 Å². The number of ether oxygens (including phenoxy) is 1. The smallest absolute Gasteiger partial charge is 0.163 e. The van der Waals surface area contributed by atoms with E-state index in [4.69, 9.17) is 4.74 Å². The summed E-state index contributed by atoms with van der Waals surface area (Å²) in [6, 6.07) is 11.8. The summed E-state index contributed by atoms with van der Waals surface area (Å²) in [6.45, 7) is 2.91. The molecule has 2 nitrogen and oxygen atoms in total. The molecule has 1 unspecified atom stereocenters. The van der Waals surface area contributed by atoms with E-state index in [-0.39, 0.29) is 6.04 Å². The van der Waals surface area contributed by atoms with Crippen LogP contribution < -0.4 is 5.32 Å². The van der Waals surface area contributed by atoms with Crippen molar-refractivity contribution in [2.24, 2.45) is 0 Å². The normalized spacial score (nSPS) is 12.4. The molecule has 112 valence electrons. The number of hydrogen-bond acceptors (Lipinski definition) is 2. The van der Waals surface area contributed by atoms with E-state index in [0.29, 0.717) is 18.7 Å². The van der Waals surface area contributed by atoms with Crippen LogP contribution in [0.15, 0.2) is 42.5 Å². The molecule has 0 saturated heterocycles. The zero-order chi connectivity index (χ0) is 15.2. The molecule has 0 heterocycles. The van der Waals surface area contributed by atoms with Crippen LogP contribution >= 0.6 is 0 Å². The van der Waals surface area contributed by atoms with Crippen LogP contribution in [0.2, 0.25) is 0 Å². The summed E-state index contributed by atoms with van der Waals surface area (Å²) in [5.41, 5.74) is 2.50. The van der Waals surface area contributed by atoms with Gasteiger partial charge >= 0.3 is 0 Å². The predicted molar refractivity (Wildman–Crippen MR) is 78.8 cm³/mol. The van der Waals surface area contributed by atoms with Crippen molar-refractivity contribution in [2.45, 2.75) is 26.1 Å². The van der Waals surface area contributed by atoms with Gasteiger partial charge in [0.15, 0.2) is 11.6 Å². The van der Waals surface area contributed by atoms with E-state index in [1.807, 2.05) is 31.2 Å². The molecule has 2 aromatic carbocycles. The molecule has 2 aromatic rings. The Hall–Kier alpha value is -1.78. The molecule has 0 aliphatic rings. The highest BCUT2D eigenvalue weighted by molar-refractivity contribution is 5.27. The summed E-state index contributed by atoms with van der Waals surface area (Å²) in [5, 5.41) is 3.22. The van der Waals surface area contributed by atoms with E-state index < -0.39 is 11.6 Å². The van der Waals surface area contributed by atoms with Crippen molar-refractivity contribution in [3.8, 4) is 0 Å². The molecular weight excluding hydrogens is 272 g/mol. The fraction of sp³-hybridized carbons (Fsp3) is 0.294. The Balaban J connectivity index is 2.07. The molecule has 1 N–H and O–H groups in total. The maximum Gasteiger partial charge on any atom is 0.163 e. The number of nitrogens with one attached hydrogen (secondary N) is 1. The Morgan fingerprint density at radius 1 is 1.05 bits per heavy atom. The van der Waals surface area contributed by atoms with E-state index in [1.54, 1.807) is 13.2 Å². The first-order valence-corrected chi connectivity index (χ1v) is 6.86. The SMILES string of the molecule is COCc1ccccc1CNC(C)c1cccc(F)c1F. The minimum atomic E-state index is -0.819. The molecule has 4 heteroatoms. The van der Waals surface area contributed by atoms with E-state index in [2.05, 4.69) is 5.32 Å². The second-order valence-corrected chi connectivity index (χ2v) is 4.95. The van der Waals surface area contributed by atoms with E-state index in [0.717, 1.165) is 17.2 Å². The van der Waals surface area contributed by atoms with E-state index in [1.165, 1.54) is 6.07 Å². The van der Waals surface area contributed by atoms with Crippen molar-refractivity contribution in [1.29, 1.82) is 0 Å².